The molecule has 0 heterocycles. The van der Waals surface area contributed by atoms with Crippen LogP contribution in [0.3, 0.4) is 0 Å². The number of hydrogen-bond donors (Lipinski definition) is 1. The largest absolute Gasteiger partial charge is 0.495 e. The zero-order valence-corrected chi connectivity index (χ0v) is 9.38. The molecule has 0 spiro atoms. The number of rotatable bonds is 5. The molecule has 1 amide bonds. The molecule has 1 aromatic carbocycles. The van der Waals surface area contributed by atoms with Gasteiger partial charge in [0.05, 0.1) is 12.8 Å². The summed E-state index contributed by atoms with van der Waals surface area (Å²) in [4.78, 5) is 11.4. The number of benzene rings is 1. The highest BCUT2D eigenvalue weighted by Crippen LogP contribution is 2.23. The number of ether oxygens (including phenoxy) is 1. The fourth-order valence-electron chi connectivity index (χ4n) is 1.19. The van der Waals surface area contributed by atoms with Crippen molar-refractivity contribution < 1.29 is 9.53 Å². The maximum Gasteiger partial charge on any atom is 0.224 e. The van der Waals surface area contributed by atoms with Gasteiger partial charge in [-0.05, 0) is 18.6 Å². The molecule has 4 heteroatoms. The van der Waals surface area contributed by atoms with Gasteiger partial charge in [0, 0.05) is 12.3 Å². The number of halogens is 1. The van der Waals surface area contributed by atoms with Crippen LogP contribution in [0.1, 0.15) is 12.8 Å². The van der Waals surface area contributed by atoms with Crippen LogP contribution in [0.25, 0.3) is 0 Å². The Kier molecular flexibility index (Phi) is 4.98. The zero-order valence-electron chi connectivity index (χ0n) is 8.63. The minimum atomic E-state index is -0.0415. The summed E-state index contributed by atoms with van der Waals surface area (Å²) in [5.41, 5.74) is 0.694. The van der Waals surface area contributed by atoms with Crippen LogP contribution in [0.15, 0.2) is 24.3 Å². The van der Waals surface area contributed by atoms with Gasteiger partial charge in [-0.25, -0.2) is 0 Å². The molecule has 3 nitrogen and oxygen atoms in total. The van der Waals surface area contributed by atoms with E-state index in [0.717, 1.165) is 0 Å². The summed E-state index contributed by atoms with van der Waals surface area (Å²) in [6.45, 7) is 0. The van der Waals surface area contributed by atoms with Gasteiger partial charge in [-0.3, -0.25) is 4.79 Å². The maximum absolute atomic E-state index is 11.4. The molecular formula is C11H14ClNO2. The molecule has 0 saturated heterocycles. The van der Waals surface area contributed by atoms with Crippen LogP contribution in [0, 0.1) is 0 Å². The molecule has 0 aliphatic rings. The fraction of sp³-hybridized carbons (Fsp3) is 0.364. The van der Waals surface area contributed by atoms with Gasteiger partial charge in [0.15, 0.2) is 0 Å². The Morgan fingerprint density at radius 1 is 1.47 bits per heavy atom. The van der Waals surface area contributed by atoms with Crippen LogP contribution in [0.4, 0.5) is 5.69 Å². The highest BCUT2D eigenvalue weighted by atomic mass is 35.5. The van der Waals surface area contributed by atoms with E-state index < -0.39 is 0 Å². The monoisotopic (exact) mass is 227 g/mol. The number of methoxy groups -OCH3 is 1. The van der Waals surface area contributed by atoms with Crippen molar-refractivity contribution in [2.24, 2.45) is 0 Å². The first-order valence-corrected chi connectivity index (χ1v) is 5.30. The Labute approximate surface area is 94.4 Å². The molecule has 1 rings (SSSR count). The van der Waals surface area contributed by atoms with Gasteiger partial charge in [-0.2, -0.15) is 0 Å². The van der Waals surface area contributed by atoms with Crippen molar-refractivity contribution in [3.05, 3.63) is 24.3 Å². The molecule has 0 aliphatic heterocycles. The average Bonchev–Trinajstić information content (AvgIpc) is 2.27. The summed E-state index contributed by atoms with van der Waals surface area (Å²) in [6, 6.07) is 7.31. The second kappa shape index (κ2) is 6.30. The quantitative estimate of drug-likeness (QED) is 0.786. The van der Waals surface area contributed by atoms with Crippen LogP contribution in [-0.4, -0.2) is 18.9 Å². The SMILES string of the molecule is COc1ccccc1NC(=O)CCCCl. The van der Waals surface area contributed by atoms with Gasteiger partial charge < -0.3 is 10.1 Å². The van der Waals surface area contributed by atoms with Crippen molar-refractivity contribution in [2.75, 3.05) is 18.3 Å². The molecule has 0 fully saturated rings. The van der Waals surface area contributed by atoms with E-state index in [9.17, 15) is 4.79 Å². The van der Waals surface area contributed by atoms with Crippen molar-refractivity contribution in [1.82, 2.24) is 0 Å². The predicted octanol–water partition coefficient (Wildman–Crippen LogP) is 2.65. The number of anilines is 1. The van der Waals surface area contributed by atoms with Crippen LogP contribution in [-0.2, 0) is 4.79 Å². The normalized spacial score (nSPS) is 9.73. The highest BCUT2D eigenvalue weighted by molar-refractivity contribution is 6.18. The average molecular weight is 228 g/mol. The lowest BCUT2D eigenvalue weighted by atomic mass is 10.2. The topological polar surface area (TPSA) is 38.3 Å². The second-order valence-corrected chi connectivity index (χ2v) is 3.42. The second-order valence-electron chi connectivity index (χ2n) is 3.04. The first kappa shape index (κ1) is 11.9. The number of alkyl halides is 1. The lowest BCUT2D eigenvalue weighted by Crippen LogP contribution is -2.11. The molecule has 15 heavy (non-hydrogen) atoms. The summed E-state index contributed by atoms with van der Waals surface area (Å²) in [5.74, 6) is 1.12. The van der Waals surface area contributed by atoms with Crippen molar-refractivity contribution in [3.63, 3.8) is 0 Å². The summed E-state index contributed by atoms with van der Waals surface area (Å²) >= 11 is 5.50. The van der Waals surface area contributed by atoms with E-state index in [-0.39, 0.29) is 5.91 Å². The van der Waals surface area contributed by atoms with Gasteiger partial charge >= 0.3 is 0 Å². The Balaban J connectivity index is 2.59. The van der Waals surface area contributed by atoms with Gasteiger partial charge in [-0.15, -0.1) is 11.6 Å². The molecule has 1 N–H and O–H groups in total. The van der Waals surface area contributed by atoms with Gasteiger partial charge in [0.1, 0.15) is 5.75 Å². The molecular weight excluding hydrogens is 214 g/mol. The number of hydrogen-bond acceptors (Lipinski definition) is 2. The van der Waals surface area contributed by atoms with E-state index in [1.807, 2.05) is 12.1 Å². The summed E-state index contributed by atoms with van der Waals surface area (Å²) in [5, 5.41) is 2.77. The molecule has 1 aromatic rings. The highest BCUT2D eigenvalue weighted by Gasteiger charge is 2.05. The van der Waals surface area contributed by atoms with Crippen LogP contribution in [0.2, 0.25) is 0 Å². The lowest BCUT2D eigenvalue weighted by molar-refractivity contribution is -0.116. The summed E-state index contributed by atoms with van der Waals surface area (Å²) in [7, 11) is 1.57. The summed E-state index contributed by atoms with van der Waals surface area (Å²) < 4.78 is 5.11. The van der Waals surface area contributed by atoms with Crippen molar-refractivity contribution in [1.29, 1.82) is 0 Å². The number of nitrogens with one attached hydrogen (secondary N) is 1. The molecule has 0 atom stereocenters. The molecule has 0 aromatic heterocycles. The van der Waals surface area contributed by atoms with Gasteiger partial charge in [-0.1, -0.05) is 12.1 Å². The predicted molar refractivity (Wildman–Crippen MR) is 61.6 cm³/mol. The van der Waals surface area contributed by atoms with E-state index in [2.05, 4.69) is 5.32 Å². The first-order chi connectivity index (χ1) is 7.27. The molecule has 0 saturated carbocycles. The number of amides is 1. The van der Waals surface area contributed by atoms with Crippen molar-refractivity contribution >= 4 is 23.2 Å². The van der Waals surface area contributed by atoms with Crippen LogP contribution >= 0.6 is 11.6 Å². The van der Waals surface area contributed by atoms with E-state index in [0.29, 0.717) is 30.2 Å². The Bertz CT molecular complexity index is 328. The molecule has 82 valence electrons. The van der Waals surface area contributed by atoms with E-state index in [1.54, 1.807) is 19.2 Å². The molecule has 0 unspecified atom stereocenters. The van der Waals surface area contributed by atoms with Crippen LogP contribution < -0.4 is 10.1 Å². The fourth-order valence-corrected chi connectivity index (χ4v) is 1.32. The Hall–Kier alpha value is -1.22. The van der Waals surface area contributed by atoms with Crippen molar-refractivity contribution in [2.45, 2.75) is 12.8 Å². The van der Waals surface area contributed by atoms with E-state index >= 15 is 0 Å². The number of carbonyl (C=O) groups excluding carboxylic acids is 1. The summed E-state index contributed by atoms with van der Waals surface area (Å²) in [6.07, 6.45) is 1.12. The van der Waals surface area contributed by atoms with E-state index in [1.165, 1.54) is 0 Å². The molecule has 0 aliphatic carbocycles. The van der Waals surface area contributed by atoms with Gasteiger partial charge in [0.2, 0.25) is 5.91 Å². The minimum Gasteiger partial charge on any atom is -0.495 e. The minimum absolute atomic E-state index is 0.0415. The number of carbonyl (C=O) groups is 1. The molecule has 0 bridgehead atoms. The maximum atomic E-state index is 11.4. The third-order valence-electron chi connectivity index (χ3n) is 1.92. The lowest BCUT2D eigenvalue weighted by Gasteiger charge is -2.09. The molecule has 0 radical (unpaired) electrons. The third kappa shape index (κ3) is 3.80. The third-order valence-corrected chi connectivity index (χ3v) is 2.19. The van der Waals surface area contributed by atoms with E-state index in [4.69, 9.17) is 16.3 Å². The first-order valence-electron chi connectivity index (χ1n) is 4.76. The smallest absolute Gasteiger partial charge is 0.224 e. The van der Waals surface area contributed by atoms with Crippen LogP contribution in [0.5, 0.6) is 5.75 Å². The number of para-hydroxylation sites is 2. The zero-order chi connectivity index (χ0) is 11.1. The Morgan fingerprint density at radius 2 is 2.20 bits per heavy atom. The Morgan fingerprint density at radius 3 is 2.87 bits per heavy atom. The van der Waals surface area contributed by atoms with Gasteiger partial charge in [0.25, 0.3) is 0 Å². The van der Waals surface area contributed by atoms with Crippen molar-refractivity contribution in [3.8, 4) is 5.75 Å². The standard InChI is InChI=1S/C11H14ClNO2/c1-15-10-6-3-2-5-9(10)13-11(14)7-4-8-12/h2-3,5-6H,4,7-8H2,1H3,(H,13,14).